The molecule has 0 fully saturated rings. The molecule has 0 aromatic heterocycles. The molecule has 70 valence electrons. The van der Waals surface area contributed by atoms with Gasteiger partial charge in [-0.3, -0.25) is 0 Å². The topological polar surface area (TPSA) is 93.8 Å². The fourth-order valence-corrected chi connectivity index (χ4v) is 1.13. The number of aromatic hydroxyl groups is 1. The molecule has 0 unspecified atom stereocenters. The average molecular weight is 187 g/mol. The van der Waals surface area contributed by atoms with Crippen LogP contribution < -0.4 is 5.73 Å². The molecule has 0 bridgehead atoms. The molecule has 0 saturated carbocycles. The first-order valence-corrected chi connectivity index (χ1v) is 4.04. The molecule has 14 heavy (non-hydrogen) atoms. The second-order valence-electron chi connectivity index (χ2n) is 2.85. The summed E-state index contributed by atoms with van der Waals surface area (Å²) in [6.45, 7) is 0. The molecule has 0 spiro atoms. The standard InChI is InChI=1S/C10H9N3O/c11-4-3-9(13)8-5-7(6-12)1-2-10(8)14/h1-2,5,9,14H,3,13H2/t9-/m1/s1. The molecule has 0 amide bonds. The van der Waals surface area contributed by atoms with Gasteiger partial charge < -0.3 is 10.8 Å². The quantitative estimate of drug-likeness (QED) is 0.726. The van der Waals surface area contributed by atoms with Crippen molar-refractivity contribution in [1.29, 1.82) is 10.5 Å². The zero-order valence-electron chi connectivity index (χ0n) is 7.44. The fraction of sp³-hybridized carbons (Fsp3) is 0.200. The summed E-state index contributed by atoms with van der Waals surface area (Å²) >= 11 is 0. The number of benzene rings is 1. The van der Waals surface area contributed by atoms with E-state index < -0.39 is 6.04 Å². The minimum absolute atomic E-state index is 0.0201. The van der Waals surface area contributed by atoms with Gasteiger partial charge in [0.2, 0.25) is 0 Å². The van der Waals surface area contributed by atoms with Gasteiger partial charge in [-0.2, -0.15) is 10.5 Å². The molecule has 1 atom stereocenters. The SMILES string of the molecule is N#CC[C@@H](N)c1cc(C#N)ccc1O. The van der Waals surface area contributed by atoms with Crippen molar-refractivity contribution in [1.82, 2.24) is 0 Å². The zero-order valence-corrected chi connectivity index (χ0v) is 7.44. The molecule has 0 aliphatic carbocycles. The smallest absolute Gasteiger partial charge is 0.120 e. The van der Waals surface area contributed by atoms with Crippen LogP contribution in [-0.2, 0) is 0 Å². The van der Waals surface area contributed by atoms with Crippen molar-refractivity contribution in [3.8, 4) is 17.9 Å². The van der Waals surface area contributed by atoms with Crippen LogP contribution in [0.25, 0.3) is 0 Å². The van der Waals surface area contributed by atoms with E-state index in [4.69, 9.17) is 16.3 Å². The van der Waals surface area contributed by atoms with Crippen LogP contribution in [0, 0.1) is 22.7 Å². The van der Waals surface area contributed by atoms with Gasteiger partial charge in [0.05, 0.1) is 24.1 Å². The number of nitriles is 2. The highest BCUT2D eigenvalue weighted by atomic mass is 16.3. The van der Waals surface area contributed by atoms with E-state index in [1.54, 1.807) is 0 Å². The van der Waals surface area contributed by atoms with Crippen LogP contribution in [0.3, 0.4) is 0 Å². The lowest BCUT2D eigenvalue weighted by molar-refractivity contribution is 0.462. The number of phenols is 1. The summed E-state index contributed by atoms with van der Waals surface area (Å²) in [4.78, 5) is 0. The first-order valence-electron chi connectivity index (χ1n) is 4.04. The fourth-order valence-electron chi connectivity index (χ4n) is 1.13. The predicted octanol–water partition coefficient (Wildman–Crippen LogP) is 1.18. The third-order valence-electron chi connectivity index (χ3n) is 1.87. The van der Waals surface area contributed by atoms with Crippen LogP contribution in [0.1, 0.15) is 23.6 Å². The van der Waals surface area contributed by atoms with Crippen LogP contribution >= 0.6 is 0 Å². The van der Waals surface area contributed by atoms with E-state index in [2.05, 4.69) is 0 Å². The molecule has 1 rings (SSSR count). The van der Waals surface area contributed by atoms with E-state index in [-0.39, 0.29) is 12.2 Å². The number of nitrogens with two attached hydrogens (primary N) is 1. The van der Waals surface area contributed by atoms with Crippen molar-refractivity contribution in [2.24, 2.45) is 5.73 Å². The maximum atomic E-state index is 9.43. The van der Waals surface area contributed by atoms with E-state index >= 15 is 0 Å². The highest BCUT2D eigenvalue weighted by molar-refractivity contribution is 5.43. The monoisotopic (exact) mass is 187 g/mol. The maximum absolute atomic E-state index is 9.43. The summed E-state index contributed by atoms with van der Waals surface area (Å²) < 4.78 is 0. The molecule has 3 N–H and O–H groups in total. The van der Waals surface area contributed by atoms with Crippen LogP contribution in [0.4, 0.5) is 0 Å². The Bertz CT molecular complexity index is 414. The molecule has 0 saturated heterocycles. The van der Waals surface area contributed by atoms with Crippen molar-refractivity contribution in [3.63, 3.8) is 0 Å². The van der Waals surface area contributed by atoms with Gasteiger partial charge in [0.1, 0.15) is 5.75 Å². The molecule has 0 aliphatic heterocycles. The molecular formula is C10H9N3O. The van der Waals surface area contributed by atoms with E-state index in [0.29, 0.717) is 11.1 Å². The number of phenolic OH excluding ortho intramolecular Hbond substituents is 1. The van der Waals surface area contributed by atoms with Gasteiger partial charge in [0.15, 0.2) is 0 Å². The van der Waals surface area contributed by atoms with E-state index in [9.17, 15) is 5.11 Å². The summed E-state index contributed by atoms with van der Waals surface area (Å²) in [5.74, 6) is 0.0201. The van der Waals surface area contributed by atoms with Gasteiger partial charge in [-0.25, -0.2) is 0 Å². The van der Waals surface area contributed by atoms with Crippen LogP contribution in [0.2, 0.25) is 0 Å². The Kier molecular flexibility index (Phi) is 3.06. The number of hydrogen-bond acceptors (Lipinski definition) is 4. The lowest BCUT2D eigenvalue weighted by atomic mass is 10.0. The molecule has 1 aromatic carbocycles. The van der Waals surface area contributed by atoms with Gasteiger partial charge in [-0.1, -0.05) is 0 Å². The van der Waals surface area contributed by atoms with Crippen LogP contribution in [0.5, 0.6) is 5.75 Å². The van der Waals surface area contributed by atoms with Crippen molar-refractivity contribution in [2.75, 3.05) is 0 Å². The lowest BCUT2D eigenvalue weighted by Crippen LogP contribution is -2.09. The Balaban J connectivity index is 3.08. The largest absolute Gasteiger partial charge is 0.508 e. The molecule has 0 aliphatic rings. The van der Waals surface area contributed by atoms with Crippen molar-refractivity contribution in [2.45, 2.75) is 12.5 Å². The molecule has 0 heterocycles. The van der Waals surface area contributed by atoms with Gasteiger partial charge >= 0.3 is 0 Å². The minimum Gasteiger partial charge on any atom is -0.508 e. The molecule has 1 aromatic rings. The molecule has 0 radical (unpaired) electrons. The van der Waals surface area contributed by atoms with Crippen LogP contribution in [-0.4, -0.2) is 5.11 Å². The normalized spacial score (nSPS) is 11.4. The molecule has 4 heteroatoms. The summed E-state index contributed by atoms with van der Waals surface area (Å²) in [5.41, 5.74) is 6.50. The summed E-state index contributed by atoms with van der Waals surface area (Å²) in [6.07, 6.45) is 0.114. The minimum atomic E-state index is -0.548. The van der Waals surface area contributed by atoms with Gasteiger partial charge in [-0.15, -0.1) is 0 Å². The Hall–Kier alpha value is -2.04. The van der Waals surface area contributed by atoms with Gasteiger partial charge in [0, 0.05) is 11.6 Å². The third kappa shape index (κ3) is 2.01. The second-order valence-corrected chi connectivity index (χ2v) is 2.85. The number of rotatable bonds is 2. The zero-order chi connectivity index (χ0) is 10.6. The van der Waals surface area contributed by atoms with E-state index in [1.807, 2.05) is 12.1 Å². The average Bonchev–Trinajstić information content (AvgIpc) is 2.19. The van der Waals surface area contributed by atoms with Gasteiger partial charge in [0.25, 0.3) is 0 Å². The van der Waals surface area contributed by atoms with Crippen molar-refractivity contribution < 1.29 is 5.11 Å². The summed E-state index contributed by atoms with van der Waals surface area (Å²) in [5, 5.41) is 26.5. The van der Waals surface area contributed by atoms with E-state index in [0.717, 1.165) is 0 Å². The van der Waals surface area contributed by atoms with Crippen molar-refractivity contribution >= 4 is 0 Å². The first-order chi connectivity index (χ1) is 6.69. The Morgan fingerprint density at radius 1 is 1.43 bits per heavy atom. The molecular weight excluding hydrogens is 178 g/mol. The Morgan fingerprint density at radius 3 is 2.71 bits per heavy atom. The van der Waals surface area contributed by atoms with E-state index in [1.165, 1.54) is 18.2 Å². The van der Waals surface area contributed by atoms with Gasteiger partial charge in [-0.05, 0) is 18.2 Å². The number of nitrogens with zero attached hydrogens (tertiary/aromatic N) is 2. The summed E-state index contributed by atoms with van der Waals surface area (Å²) in [7, 11) is 0. The maximum Gasteiger partial charge on any atom is 0.120 e. The third-order valence-corrected chi connectivity index (χ3v) is 1.87. The highest BCUT2D eigenvalue weighted by Gasteiger charge is 2.10. The highest BCUT2D eigenvalue weighted by Crippen LogP contribution is 2.25. The Morgan fingerprint density at radius 2 is 2.14 bits per heavy atom. The summed E-state index contributed by atoms with van der Waals surface area (Å²) in [6, 6.07) is 7.71. The number of hydrogen-bond donors (Lipinski definition) is 2. The second kappa shape index (κ2) is 4.27. The Labute approximate surface area is 81.8 Å². The molecule has 4 nitrogen and oxygen atoms in total. The first kappa shape index (κ1) is 10.0. The van der Waals surface area contributed by atoms with Crippen LogP contribution in [0.15, 0.2) is 18.2 Å². The van der Waals surface area contributed by atoms with Crippen molar-refractivity contribution in [3.05, 3.63) is 29.3 Å². The predicted molar refractivity (Wildman–Crippen MR) is 50.0 cm³/mol. The lowest BCUT2D eigenvalue weighted by Gasteiger charge is -2.09.